The van der Waals surface area contributed by atoms with Crippen molar-refractivity contribution in [2.75, 3.05) is 6.54 Å². The molecule has 3 nitrogen and oxygen atoms in total. The first-order chi connectivity index (χ1) is 7.22. The Morgan fingerprint density at radius 3 is 2.73 bits per heavy atom. The van der Waals surface area contributed by atoms with Gasteiger partial charge in [0.15, 0.2) is 0 Å². The molecule has 0 unspecified atom stereocenters. The second-order valence-corrected chi connectivity index (χ2v) is 3.90. The highest BCUT2D eigenvalue weighted by atomic mass is 16.5. The summed E-state index contributed by atoms with van der Waals surface area (Å²) in [5.74, 6) is 1.88. The van der Waals surface area contributed by atoms with Crippen molar-refractivity contribution in [3.8, 4) is 0 Å². The van der Waals surface area contributed by atoms with Gasteiger partial charge < -0.3 is 14.5 Å². The van der Waals surface area contributed by atoms with Gasteiger partial charge >= 0.3 is 0 Å². The number of hydrogen-bond acceptors (Lipinski definition) is 3. The summed E-state index contributed by atoms with van der Waals surface area (Å²) in [4.78, 5) is 0. The van der Waals surface area contributed by atoms with E-state index >= 15 is 0 Å². The van der Waals surface area contributed by atoms with E-state index in [4.69, 9.17) is 9.15 Å². The first-order valence-corrected chi connectivity index (χ1v) is 5.62. The van der Waals surface area contributed by atoms with Gasteiger partial charge in [0.1, 0.15) is 18.1 Å². The van der Waals surface area contributed by atoms with Gasteiger partial charge in [-0.3, -0.25) is 0 Å². The summed E-state index contributed by atoms with van der Waals surface area (Å²) in [5.41, 5.74) is 0. The van der Waals surface area contributed by atoms with Gasteiger partial charge in [-0.15, -0.1) is 0 Å². The summed E-state index contributed by atoms with van der Waals surface area (Å²) in [6.07, 6.45) is 1.39. The van der Waals surface area contributed by atoms with Crippen molar-refractivity contribution in [1.29, 1.82) is 0 Å². The predicted molar refractivity (Wildman–Crippen MR) is 60.6 cm³/mol. The summed E-state index contributed by atoms with van der Waals surface area (Å²) in [6.45, 7) is 8.58. The third-order valence-electron chi connectivity index (χ3n) is 2.00. The summed E-state index contributed by atoms with van der Waals surface area (Å²) in [5, 5.41) is 3.29. The molecule has 1 aromatic heterocycles. The average molecular weight is 211 g/mol. The van der Waals surface area contributed by atoms with Crippen molar-refractivity contribution in [3.63, 3.8) is 0 Å². The van der Waals surface area contributed by atoms with Crippen LogP contribution in [-0.2, 0) is 17.9 Å². The van der Waals surface area contributed by atoms with E-state index in [0.29, 0.717) is 6.61 Å². The molecule has 0 aliphatic heterocycles. The van der Waals surface area contributed by atoms with Gasteiger partial charge in [0.05, 0.1) is 12.6 Å². The van der Waals surface area contributed by atoms with Gasteiger partial charge in [0.25, 0.3) is 0 Å². The van der Waals surface area contributed by atoms with Crippen LogP contribution in [0, 0.1) is 0 Å². The van der Waals surface area contributed by atoms with Gasteiger partial charge in [0.2, 0.25) is 0 Å². The lowest BCUT2D eigenvalue weighted by Crippen LogP contribution is -2.13. The quantitative estimate of drug-likeness (QED) is 0.704. The van der Waals surface area contributed by atoms with Gasteiger partial charge in [-0.05, 0) is 38.9 Å². The van der Waals surface area contributed by atoms with Crippen LogP contribution in [-0.4, -0.2) is 12.6 Å². The van der Waals surface area contributed by atoms with Crippen LogP contribution in [0.1, 0.15) is 38.7 Å². The molecule has 15 heavy (non-hydrogen) atoms. The fraction of sp³-hybridized carbons (Fsp3) is 0.667. The molecule has 3 heteroatoms. The molecule has 0 aliphatic carbocycles. The molecule has 1 heterocycles. The number of furan rings is 1. The minimum Gasteiger partial charge on any atom is -0.462 e. The maximum absolute atomic E-state index is 5.59. The molecule has 0 saturated heterocycles. The SMILES string of the molecule is CCCNCc1ccc(COC(C)C)o1. The molecule has 0 fully saturated rings. The molecule has 0 saturated carbocycles. The molecule has 0 radical (unpaired) electrons. The predicted octanol–water partition coefficient (Wildman–Crippen LogP) is 2.70. The van der Waals surface area contributed by atoms with E-state index in [1.807, 2.05) is 26.0 Å². The summed E-state index contributed by atoms with van der Waals surface area (Å²) < 4.78 is 11.0. The maximum Gasteiger partial charge on any atom is 0.129 e. The van der Waals surface area contributed by atoms with E-state index < -0.39 is 0 Å². The molecule has 86 valence electrons. The van der Waals surface area contributed by atoms with E-state index in [1.54, 1.807) is 0 Å². The highest BCUT2D eigenvalue weighted by molar-refractivity contribution is 5.06. The largest absolute Gasteiger partial charge is 0.462 e. The molecule has 1 rings (SSSR count). The molecule has 0 amide bonds. The minimum absolute atomic E-state index is 0.247. The monoisotopic (exact) mass is 211 g/mol. The third-order valence-corrected chi connectivity index (χ3v) is 2.00. The Bertz CT molecular complexity index is 268. The summed E-state index contributed by atoms with van der Waals surface area (Å²) in [7, 11) is 0. The smallest absolute Gasteiger partial charge is 0.129 e. The minimum atomic E-state index is 0.247. The molecule has 0 aliphatic rings. The normalized spacial score (nSPS) is 11.2. The molecule has 0 bridgehead atoms. The van der Waals surface area contributed by atoms with Crippen LogP contribution < -0.4 is 5.32 Å². The van der Waals surface area contributed by atoms with E-state index in [0.717, 1.165) is 31.0 Å². The lowest BCUT2D eigenvalue weighted by atomic mass is 10.4. The first-order valence-electron chi connectivity index (χ1n) is 5.62. The van der Waals surface area contributed by atoms with Crippen LogP contribution in [0.15, 0.2) is 16.5 Å². The second-order valence-electron chi connectivity index (χ2n) is 3.90. The lowest BCUT2D eigenvalue weighted by Gasteiger charge is -2.04. The molecule has 0 aromatic carbocycles. The Kier molecular flexibility index (Phi) is 5.43. The maximum atomic E-state index is 5.59. The van der Waals surface area contributed by atoms with Crippen molar-refractivity contribution in [1.82, 2.24) is 5.32 Å². The Morgan fingerprint density at radius 2 is 2.07 bits per heavy atom. The van der Waals surface area contributed by atoms with Crippen molar-refractivity contribution in [2.45, 2.75) is 46.4 Å². The van der Waals surface area contributed by atoms with Crippen LogP contribution in [0.2, 0.25) is 0 Å². The van der Waals surface area contributed by atoms with Crippen LogP contribution >= 0.6 is 0 Å². The number of nitrogens with one attached hydrogen (secondary N) is 1. The Balaban J connectivity index is 2.29. The topological polar surface area (TPSA) is 34.4 Å². The number of ether oxygens (including phenoxy) is 1. The highest BCUT2D eigenvalue weighted by Crippen LogP contribution is 2.09. The van der Waals surface area contributed by atoms with E-state index in [-0.39, 0.29) is 6.10 Å². The molecule has 0 atom stereocenters. The molecule has 0 spiro atoms. The molecule has 1 aromatic rings. The Labute approximate surface area is 91.8 Å². The van der Waals surface area contributed by atoms with E-state index in [9.17, 15) is 0 Å². The standard InChI is InChI=1S/C12H21NO2/c1-4-7-13-8-11-5-6-12(15-11)9-14-10(2)3/h5-6,10,13H,4,7-9H2,1-3H3. The Hall–Kier alpha value is -0.800. The second kappa shape index (κ2) is 6.64. The Morgan fingerprint density at radius 1 is 1.33 bits per heavy atom. The lowest BCUT2D eigenvalue weighted by molar-refractivity contribution is 0.0538. The van der Waals surface area contributed by atoms with Crippen molar-refractivity contribution >= 4 is 0 Å². The van der Waals surface area contributed by atoms with Gasteiger partial charge in [-0.2, -0.15) is 0 Å². The van der Waals surface area contributed by atoms with Crippen LogP contribution in [0.4, 0.5) is 0 Å². The fourth-order valence-electron chi connectivity index (χ4n) is 1.23. The van der Waals surface area contributed by atoms with Crippen molar-refractivity contribution < 1.29 is 9.15 Å². The number of rotatable bonds is 7. The van der Waals surface area contributed by atoms with Crippen LogP contribution in [0.5, 0.6) is 0 Å². The highest BCUT2D eigenvalue weighted by Gasteiger charge is 2.02. The zero-order valence-corrected chi connectivity index (χ0v) is 9.88. The van der Waals surface area contributed by atoms with Crippen molar-refractivity contribution in [2.24, 2.45) is 0 Å². The zero-order valence-electron chi connectivity index (χ0n) is 9.88. The fourth-order valence-corrected chi connectivity index (χ4v) is 1.23. The van der Waals surface area contributed by atoms with Gasteiger partial charge in [-0.25, -0.2) is 0 Å². The summed E-state index contributed by atoms with van der Waals surface area (Å²) in [6, 6.07) is 3.98. The molecule has 1 N–H and O–H groups in total. The average Bonchev–Trinajstić information content (AvgIpc) is 2.63. The third kappa shape index (κ3) is 5.00. The zero-order chi connectivity index (χ0) is 11.1. The molecular weight excluding hydrogens is 190 g/mol. The van der Waals surface area contributed by atoms with E-state index in [2.05, 4.69) is 12.2 Å². The van der Waals surface area contributed by atoms with E-state index in [1.165, 1.54) is 0 Å². The van der Waals surface area contributed by atoms with Gasteiger partial charge in [-0.1, -0.05) is 6.92 Å². The summed E-state index contributed by atoms with van der Waals surface area (Å²) >= 11 is 0. The molecular formula is C12H21NO2. The van der Waals surface area contributed by atoms with Crippen LogP contribution in [0.25, 0.3) is 0 Å². The number of hydrogen-bond donors (Lipinski definition) is 1. The van der Waals surface area contributed by atoms with Crippen molar-refractivity contribution in [3.05, 3.63) is 23.7 Å². The first kappa shape index (κ1) is 12.3. The van der Waals surface area contributed by atoms with Gasteiger partial charge in [0, 0.05) is 0 Å². The van der Waals surface area contributed by atoms with Crippen LogP contribution in [0.3, 0.4) is 0 Å².